The van der Waals surface area contributed by atoms with E-state index in [1.165, 1.54) is 10.6 Å². The normalized spacial score (nSPS) is 13.5. The van der Waals surface area contributed by atoms with E-state index < -0.39 is 11.5 Å². The van der Waals surface area contributed by atoms with Crippen molar-refractivity contribution in [2.24, 2.45) is 0 Å². The van der Waals surface area contributed by atoms with Gasteiger partial charge in [-0.3, -0.25) is 0 Å². The quantitative estimate of drug-likeness (QED) is 0.511. The van der Waals surface area contributed by atoms with Crippen molar-refractivity contribution >= 4 is 0 Å². The number of hydrogen-bond donors (Lipinski definition) is 1. The molecule has 1 aliphatic rings. The van der Waals surface area contributed by atoms with Crippen LogP contribution in [0.15, 0.2) is 51.8 Å². The van der Waals surface area contributed by atoms with Crippen LogP contribution in [0, 0.1) is 19.7 Å². The molecule has 1 fully saturated rings. The number of rotatable bonds is 5. The molecule has 0 aliphatic heterocycles. The lowest BCUT2D eigenvalue weighted by atomic mass is 10.1. The zero-order chi connectivity index (χ0) is 22.4. The van der Waals surface area contributed by atoms with E-state index in [0.717, 1.165) is 24.1 Å². The smallest absolute Gasteiger partial charge is 0.353 e. The van der Waals surface area contributed by atoms with E-state index in [9.17, 15) is 14.3 Å². The van der Waals surface area contributed by atoms with Gasteiger partial charge in [0, 0.05) is 17.7 Å². The number of hydrogen-bond acceptors (Lipinski definition) is 6. The molecule has 1 aromatic carbocycles. The first-order chi connectivity index (χ1) is 15.4. The van der Waals surface area contributed by atoms with Gasteiger partial charge in [-0.25, -0.2) is 18.7 Å². The van der Waals surface area contributed by atoms with Crippen LogP contribution < -0.4 is 5.69 Å². The topological polar surface area (TPSA) is 94.0 Å². The van der Waals surface area contributed by atoms with E-state index in [-0.39, 0.29) is 24.1 Å². The summed E-state index contributed by atoms with van der Waals surface area (Å²) in [5.41, 5.74) is 2.96. The number of aliphatic hydroxyl groups is 1. The molecule has 1 saturated carbocycles. The zero-order valence-electron chi connectivity index (χ0n) is 17.7. The van der Waals surface area contributed by atoms with Crippen LogP contribution in [0.25, 0.3) is 28.7 Å². The van der Waals surface area contributed by atoms with Crippen molar-refractivity contribution in [2.45, 2.75) is 39.2 Å². The standard InChI is InChI=1S/C24H21FN4O3/c1-13-3-5-16(11-17(13)25)21-22(29-10-9-18(15-6-7-15)27-24(29)31)28-23(32-21)19-8-4-14(2)20(12-30)26-19/h3-5,8-11,15,30H,6-7,12H2,1-2H3. The first kappa shape index (κ1) is 20.3. The fourth-order valence-electron chi connectivity index (χ4n) is 3.54. The van der Waals surface area contributed by atoms with E-state index in [1.807, 2.05) is 6.92 Å². The van der Waals surface area contributed by atoms with E-state index in [2.05, 4.69) is 15.0 Å². The average molecular weight is 432 g/mol. The second kappa shape index (κ2) is 7.80. The van der Waals surface area contributed by atoms with Crippen LogP contribution in [0.3, 0.4) is 0 Å². The SMILES string of the molecule is Cc1ccc(-c2oc(-c3ccc(C)c(CO)n3)nc2-n2ccc(C3CC3)nc2=O)cc1F. The molecule has 1 N–H and O–H groups in total. The summed E-state index contributed by atoms with van der Waals surface area (Å²) >= 11 is 0. The molecule has 8 heteroatoms. The molecule has 0 radical (unpaired) electrons. The van der Waals surface area contributed by atoms with Crippen LogP contribution in [0.2, 0.25) is 0 Å². The molecular formula is C24H21FN4O3. The molecule has 0 spiro atoms. The highest BCUT2D eigenvalue weighted by Crippen LogP contribution is 2.38. The molecule has 162 valence electrons. The molecule has 5 rings (SSSR count). The Hall–Kier alpha value is -3.65. The summed E-state index contributed by atoms with van der Waals surface area (Å²) in [6.07, 6.45) is 3.69. The molecule has 1 aliphatic carbocycles. The van der Waals surface area contributed by atoms with Crippen molar-refractivity contribution < 1.29 is 13.9 Å². The largest absolute Gasteiger partial charge is 0.432 e. The van der Waals surface area contributed by atoms with Gasteiger partial charge < -0.3 is 9.52 Å². The molecule has 3 heterocycles. The monoisotopic (exact) mass is 432 g/mol. The number of oxazole rings is 1. The summed E-state index contributed by atoms with van der Waals surface area (Å²) in [5, 5.41) is 9.57. The third-order valence-electron chi connectivity index (χ3n) is 5.66. The predicted molar refractivity (Wildman–Crippen MR) is 116 cm³/mol. The second-order valence-electron chi connectivity index (χ2n) is 8.03. The van der Waals surface area contributed by atoms with Gasteiger partial charge in [-0.1, -0.05) is 18.2 Å². The van der Waals surface area contributed by atoms with Crippen molar-refractivity contribution in [3.8, 4) is 28.7 Å². The van der Waals surface area contributed by atoms with Gasteiger partial charge in [0.25, 0.3) is 0 Å². The van der Waals surface area contributed by atoms with Gasteiger partial charge in [-0.05, 0) is 56.0 Å². The van der Waals surface area contributed by atoms with Crippen LogP contribution in [-0.2, 0) is 6.61 Å². The Labute approximate surface area is 183 Å². The fraction of sp³-hybridized carbons (Fsp3) is 0.250. The molecule has 0 bridgehead atoms. The highest BCUT2D eigenvalue weighted by Gasteiger charge is 2.27. The Kier molecular flexibility index (Phi) is 4.94. The van der Waals surface area contributed by atoms with Crippen molar-refractivity contribution in [1.29, 1.82) is 0 Å². The Morgan fingerprint density at radius 2 is 1.88 bits per heavy atom. The number of aromatic nitrogens is 4. The van der Waals surface area contributed by atoms with Crippen LogP contribution >= 0.6 is 0 Å². The van der Waals surface area contributed by atoms with Gasteiger partial charge in [0.2, 0.25) is 5.89 Å². The Morgan fingerprint density at radius 3 is 2.56 bits per heavy atom. The molecule has 7 nitrogen and oxygen atoms in total. The highest BCUT2D eigenvalue weighted by atomic mass is 19.1. The lowest BCUT2D eigenvalue weighted by Gasteiger charge is -2.06. The maximum absolute atomic E-state index is 14.3. The maximum atomic E-state index is 14.3. The summed E-state index contributed by atoms with van der Waals surface area (Å²) in [7, 11) is 0. The van der Waals surface area contributed by atoms with Gasteiger partial charge in [0.15, 0.2) is 11.6 Å². The van der Waals surface area contributed by atoms with Gasteiger partial charge in [0.05, 0.1) is 18.0 Å². The molecule has 4 aromatic rings. The van der Waals surface area contributed by atoms with Gasteiger partial charge in [-0.15, -0.1) is 0 Å². The lowest BCUT2D eigenvalue weighted by molar-refractivity contribution is 0.276. The number of nitrogens with zero attached hydrogens (tertiary/aromatic N) is 4. The first-order valence-corrected chi connectivity index (χ1v) is 10.4. The number of pyridine rings is 1. The second-order valence-corrected chi connectivity index (χ2v) is 8.03. The van der Waals surface area contributed by atoms with Gasteiger partial charge in [-0.2, -0.15) is 9.97 Å². The highest BCUT2D eigenvalue weighted by molar-refractivity contribution is 5.68. The number of benzene rings is 1. The van der Waals surface area contributed by atoms with Crippen LogP contribution in [0.4, 0.5) is 4.39 Å². The molecule has 0 amide bonds. The lowest BCUT2D eigenvalue weighted by Crippen LogP contribution is -2.22. The summed E-state index contributed by atoms with van der Waals surface area (Å²) in [6.45, 7) is 3.29. The van der Waals surface area contributed by atoms with Crippen LogP contribution in [-0.4, -0.2) is 24.6 Å². The molecule has 0 saturated heterocycles. The Morgan fingerprint density at radius 1 is 1.09 bits per heavy atom. The number of aryl methyl sites for hydroxylation is 2. The van der Waals surface area contributed by atoms with Gasteiger partial charge >= 0.3 is 5.69 Å². The molecule has 0 unspecified atom stereocenters. The van der Waals surface area contributed by atoms with E-state index in [1.54, 1.807) is 43.5 Å². The Balaban J connectivity index is 1.69. The summed E-state index contributed by atoms with van der Waals surface area (Å²) in [5.74, 6) is 0.538. The van der Waals surface area contributed by atoms with E-state index in [4.69, 9.17) is 4.42 Å². The molecule has 0 atom stereocenters. The number of aliphatic hydroxyl groups excluding tert-OH is 1. The number of halogens is 1. The van der Waals surface area contributed by atoms with Crippen molar-refractivity contribution in [2.75, 3.05) is 0 Å². The fourth-order valence-corrected chi connectivity index (χ4v) is 3.54. The van der Waals surface area contributed by atoms with Crippen molar-refractivity contribution in [1.82, 2.24) is 19.5 Å². The maximum Gasteiger partial charge on any atom is 0.353 e. The van der Waals surface area contributed by atoms with Crippen LogP contribution in [0.1, 0.15) is 41.3 Å². The first-order valence-electron chi connectivity index (χ1n) is 10.4. The summed E-state index contributed by atoms with van der Waals surface area (Å²) < 4.78 is 21.6. The predicted octanol–water partition coefficient (Wildman–Crippen LogP) is 4.08. The van der Waals surface area contributed by atoms with E-state index in [0.29, 0.717) is 28.4 Å². The minimum Gasteiger partial charge on any atom is -0.432 e. The Bertz CT molecular complexity index is 1390. The minimum absolute atomic E-state index is 0.156. The minimum atomic E-state index is -0.476. The molecule has 3 aromatic heterocycles. The summed E-state index contributed by atoms with van der Waals surface area (Å²) in [6, 6.07) is 10.0. The van der Waals surface area contributed by atoms with Crippen molar-refractivity contribution in [3.63, 3.8) is 0 Å². The van der Waals surface area contributed by atoms with Crippen molar-refractivity contribution in [3.05, 3.63) is 81.4 Å². The summed E-state index contributed by atoms with van der Waals surface area (Å²) in [4.78, 5) is 26.0. The van der Waals surface area contributed by atoms with Crippen LogP contribution in [0.5, 0.6) is 0 Å². The molecule has 32 heavy (non-hydrogen) atoms. The third-order valence-corrected chi connectivity index (χ3v) is 5.66. The zero-order valence-corrected chi connectivity index (χ0v) is 17.7. The van der Waals surface area contributed by atoms with Gasteiger partial charge in [0.1, 0.15) is 11.5 Å². The third kappa shape index (κ3) is 3.62. The van der Waals surface area contributed by atoms with E-state index >= 15 is 0 Å². The molecular weight excluding hydrogens is 411 g/mol. The average Bonchev–Trinajstić information content (AvgIpc) is 3.55.